The molecule has 0 unspecified atom stereocenters. The Kier molecular flexibility index (Phi) is 6.29. The summed E-state index contributed by atoms with van der Waals surface area (Å²) in [5.74, 6) is 0.541. The number of amides is 1. The van der Waals surface area contributed by atoms with E-state index < -0.39 is 0 Å². The zero-order valence-electron chi connectivity index (χ0n) is 14.9. The van der Waals surface area contributed by atoms with Crippen molar-refractivity contribution in [3.05, 3.63) is 53.9 Å². The first-order valence-electron chi connectivity index (χ1n) is 8.49. The van der Waals surface area contributed by atoms with Crippen molar-refractivity contribution in [1.82, 2.24) is 14.9 Å². The largest absolute Gasteiger partial charge is 0.341 e. The third-order valence-electron chi connectivity index (χ3n) is 3.99. The molecule has 128 valence electrons. The van der Waals surface area contributed by atoms with Crippen LogP contribution in [0.2, 0.25) is 0 Å². The van der Waals surface area contributed by atoms with E-state index in [4.69, 9.17) is 0 Å². The lowest BCUT2D eigenvalue weighted by Gasteiger charge is -2.27. The average Bonchev–Trinajstić information content (AvgIpc) is 2.61. The van der Waals surface area contributed by atoms with Crippen LogP contribution in [0, 0.1) is 0 Å². The third-order valence-corrected chi connectivity index (χ3v) is 3.99. The molecule has 1 aromatic heterocycles. The van der Waals surface area contributed by atoms with E-state index in [2.05, 4.69) is 23.8 Å². The van der Waals surface area contributed by atoms with Gasteiger partial charge in [-0.15, -0.1) is 0 Å². The maximum absolute atomic E-state index is 13.0. The van der Waals surface area contributed by atoms with E-state index in [0.29, 0.717) is 18.2 Å². The number of rotatable bonds is 7. The minimum absolute atomic E-state index is 0.0651. The molecule has 1 heterocycles. The van der Waals surface area contributed by atoms with E-state index in [1.54, 1.807) is 12.3 Å². The smallest absolute Gasteiger partial charge is 0.273 e. The number of carbonyl (C=O) groups excluding carboxylic acids is 1. The lowest BCUT2D eigenvalue weighted by Crippen LogP contribution is -2.37. The molecule has 0 saturated heterocycles. The number of benzene rings is 1. The van der Waals surface area contributed by atoms with Crippen LogP contribution in [-0.4, -0.2) is 39.9 Å². The van der Waals surface area contributed by atoms with Crippen molar-refractivity contribution in [2.45, 2.75) is 40.3 Å². The van der Waals surface area contributed by atoms with E-state index in [1.807, 2.05) is 54.0 Å². The normalized spacial score (nSPS) is 10.7. The standard InChI is InChI=1S/C19H26N4O/c1-5-22(6-2)19-20-13-12-17(21-19)18(24)23(15(3)4)14-16-10-8-7-9-11-16/h7-13,15H,5-6,14H2,1-4H3. The number of aromatic nitrogens is 2. The van der Waals surface area contributed by atoms with Gasteiger partial charge in [0, 0.05) is 31.9 Å². The lowest BCUT2D eigenvalue weighted by atomic mass is 10.1. The summed E-state index contributed by atoms with van der Waals surface area (Å²) in [4.78, 5) is 25.6. The Morgan fingerprint density at radius 2 is 1.75 bits per heavy atom. The van der Waals surface area contributed by atoms with Crippen molar-refractivity contribution in [2.75, 3.05) is 18.0 Å². The minimum Gasteiger partial charge on any atom is -0.341 e. The molecule has 0 aliphatic heterocycles. The number of anilines is 1. The summed E-state index contributed by atoms with van der Waals surface area (Å²) in [7, 11) is 0. The van der Waals surface area contributed by atoms with Crippen LogP contribution in [0.1, 0.15) is 43.7 Å². The van der Waals surface area contributed by atoms with Crippen LogP contribution in [0.5, 0.6) is 0 Å². The molecule has 5 nitrogen and oxygen atoms in total. The molecule has 0 atom stereocenters. The molecule has 0 radical (unpaired) electrons. The zero-order chi connectivity index (χ0) is 17.5. The van der Waals surface area contributed by atoms with Crippen LogP contribution in [-0.2, 0) is 6.54 Å². The summed E-state index contributed by atoms with van der Waals surface area (Å²) in [6.07, 6.45) is 1.66. The maximum atomic E-state index is 13.0. The predicted octanol–water partition coefficient (Wildman–Crippen LogP) is 3.37. The molecule has 2 rings (SSSR count). The molecule has 0 bridgehead atoms. The second-order valence-corrected chi connectivity index (χ2v) is 5.93. The highest BCUT2D eigenvalue weighted by Crippen LogP contribution is 2.14. The van der Waals surface area contributed by atoms with Crippen LogP contribution in [0.25, 0.3) is 0 Å². The quantitative estimate of drug-likeness (QED) is 0.783. The highest BCUT2D eigenvalue weighted by atomic mass is 16.2. The molecule has 0 spiro atoms. The first-order valence-corrected chi connectivity index (χ1v) is 8.49. The summed E-state index contributed by atoms with van der Waals surface area (Å²) >= 11 is 0. The van der Waals surface area contributed by atoms with Gasteiger partial charge in [0.1, 0.15) is 5.69 Å². The number of carbonyl (C=O) groups is 1. The Labute approximate surface area is 144 Å². The van der Waals surface area contributed by atoms with Gasteiger partial charge in [-0.1, -0.05) is 30.3 Å². The molecule has 1 aromatic carbocycles. The lowest BCUT2D eigenvalue weighted by molar-refractivity contribution is 0.0684. The van der Waals surface area contributed by atoms with Gasteiger partial charge in [0.25, 0.3) is 5.91 Å². The third kappa shape index (κ3) is 4.31. The van der Waals surface area contributed by atoms with Crippen molar-refractivity contribution in [3.63, 3.8) is 0 Å². The molecule has 2 aromatic rings. The number of hydrogen-bond donors (Lipinski definition) is 0. The summed E-state index contributed by atoms with van der Waals surface area (Å²) in [6, 6.07) is 11.8. The summed E-state index contributed by atoms with van der Waals surface area (Å²) < 4.78 is 0. The topological polar surface area (TPSA) is 49.3 Å². The van der Waals surface area contributed by atoms with Gasteiger partial charge in [0.2, 0.25) is 5.95 Å². The maximum Gasteiger partial charge on any atom is 0.273 e. The van der Waals surface area contributed by atoms with Gasteiger partial charge in [0.05, 0.1) is 0 Å². The van der Waals surface area contributed by atoms with E-state index in [0.717, 1.165) is 18.7 Å². The molecule has 24 heavy (non-hydrogen) atoms. The number of nitrogens with zero attached hydrogens (tertiary/aromatic N) is 4. The van der Waals surface area contributed by atoms with Crippen LogP contribution in [0.3, 0.4) is 0 Å². The summed E-state index contributed by atoms with van der Waals surface area (Å²) in [5, 5.41) is 0. The van der Waals surface area contributed by atoms with Gasteiger partial charge in [-0.25, -0.2) is 9.97 Å². The highest BCUT2D eigenvalue weighted by molar-refractivity contribution is 5.92. The van der Waals surface area contributed by atoms with Gasteiger partial charge in [-0.2, -0.15) is 0 Å². The van der Waals surface area contributed by atoms with Crippen molar-refractivity contribution < 1.29 is 4.79 Å². The molecule has 0 fully saturated rings. The molecule has 1 amide bonds. The Balaban J connectivity index is 2.25. The second-order valence-electron chi connectivity index (χ2n) is 5.93. The Bertz CT molecular complexity index is 653. The van der Waals surface area contributed by atoms with Crippen molar-refractivity contribution in [2.24, 2.45) is 0 Å². The molecule has 0 N–H and O–H groups in total. The monoisotopic (exact) mass is 326 g/mol. The molecule has 0 aliphatic carbocycles. The number of hydrogen-bond acceptors (Lipinski definition) is 4. The predicted molar refractivity (Wildman–Crippen MR) is 97.0 cm³/mol. The molecule has 0 aliphatic rings. The fraction of sp³-hybridized carbons (Fsp3) is 0.421. The first kappa shape index (κ1) is 17.9. The summed E-state index contributed by atoms with van der Waals surface area (Å²) in [6.45, 7) is 10.3. The van der Waals surface area contributed by atoms with Gasteiger partial charge in [-0.05, 0) is 39.3 Å². The fourth-order valence-electron chi connectivity index (χ4n) is 2.54. The fourth-order valence-corrected chi connectivity index (χ4v) is 2.54. The Hall–Kier alpha value is -2.43. The molecular formula is C19H26N4O. The van der Waals surface area contributed by atoms with E-state index in [1.165, 1.54) is 0 Å². The van der Waals surface area contributed by atoms with Crippen molar-refractivity contribution >= 4 is 11.9 Å². The summed E-state index contributed by atoms with van der Waals surface area (Å²) in [5.41, 5.74) is 1.55. The Morgan fingerprint density at radius 1 is 1.08 bits per heavy atom. The van der Waals surface area contributed by atoms with Gasteiger partial charge in [0.15, 0.2) is 0 Å². The van der Waals surface area contributed by atoms with Crippen LogP contribution >= 0.6 is 0 Å². The van der Waals surface area contributed by atoms with Gasteiger partial charge >= 0.3 is 0 Å². The van der Waals surface area contributed by atoms with Gasteiger partial charge < -0.3 is 9.80 Å². The van der Waals surface area contributed by atoms with E-state index in [9.17, 15) is 4.79 Å². The average molecular weight is 326 g/mol. The zero-order valence-corrected chi connectivity index (χ0v) is 14.9. The van der Waals surface area contributed by atoms with E-state index >= 15 is 0 Å². The molecule has 5 heteroatoms. The highest BCUT2D eigenvalue weighted by Gasteiger charge is 2.21. The minimum atomic E-state index is -0.0651. The Morgan fingerprint density at radius 3 is 2.33 bits per heavy atom. The van der Waals surface area contributed by atoms with Crippen LogP contribution < -0.4 is 4.90 Å². The SMILES string of the molecule is CCN(CC)c1nccc(C(=O)N(Cc2ccccc2)C(C)C)n1. The molecular weight excluding hydrogens is 300 g/mol. The van der Waals surface area contributed by atoms with Crippen LogP contribution in [0.4, 0.5) is 5.95 Å². The molecule has 0 saturated carbocycles. The van der Waals surface area contributed by atoms with E-state index in [-0.39, 0.29) is 11.9 Å². The van der Waals surface area contributed by atoms with Crippen molar-refractivity contribution in [3.8, 4) is 0 Å². The first-order chi connectivity index (χ1) is 11.6. The van der Waals surface area contributed by atoms with Gasteiger partial charge in [-0.3, -0.25) is 4.79 Å². The second kappa shape index (κ2) is 8.43. The van der Waals surface area contributed by atoms with Crippen LogP contribution in [0.15, 0.2) is 42.6 Å². The van der Waals surface area contributed by atoms with Crippen molar-refractivity contribution in [1.29, 1.82) is 0 Å².